The molecule has 6 heteroatoms. The Morgan fingerprint density at radius 1 is 1.38 bits per heavy atom. The molecule has 0 bridgehead atoms. The largest absolute Gasteiger partial charge is 0.481 e. The fraction of sp³-hybridized carbons (Fsp3) is 0.800. The van der Waals surface area contributed by atoms with Crippen molar-refractivity contribution in [3.63, 3.8) is 0 Å². The molecule has 1 aliphatic rings. The van der Waals surface area contributed by atoms with E-state index in [0.29, 0.717) is 6.54 Å². The van der Waals surface area contributed by atoms with Crippen LogP contribution >= 0.6 is 0 Å². The van der Waals surface area contributed by atoms with Gasteiger partial charge in [-0.25, -0.2) is 0 Å². The molecule has 1 N–H and O–H groups in total. The molecule has 1 rings (SSSR count). The van der Waals surface area contributed by atoms with Crippen LogP contribution < -0.4 is 0 Å². The van der Waals surface area contributed by atoms with Gasteiger partial charge in [0.25, 0.3) is 0 Å². The highest BCUT2D eigenvalue weighted by atomic mass is 16.4. The number of amides is 2. The molecule has 0 saturated carbocycles. The SMILES string of the molecule is CCC(CC)N1CC(C(=O)N(C)CC(C)C(=O)O)CC1=O. The molecule has 1 fully saturated rings. The molecule has 0 aromatic heterocycles. The van der Waals surface area contributed by atoms with Crippen LogP contribution in [0.3, 0.4) is 0 Å². The molecule has 120 valence electrons. The Balaban J connectivity index is 2.64. The maximum absolute atomic E-state index is 12.3. The van der Waals surface area contributed by atoms with E-state index in [1.165, 1.54) is 4.90 Å². The highest BCUT2D eigenvalue weighted by Gasteiger charge is 2.38. The van der Waals surface area contributed by atoms with Crippen molar-refractivity contribution in [2.24, 2.45) is 11.8 Å². The molecule has 0 spiro atoms. The van der Waals surface area contributed by atoms with E-state index in [1.54, 1.807) is 18.9 Å². The van der Waals surface area contributed by atoms with Gasteiger partial charge >= 0.3 is 5.97 Å². The first-order chi connectivity index (χ1) is 9.81. The van der Waals surface area contributed by atoms with E-state index >= 15 is 0 Å². The summed E-state index contributed by atoms with van der Waals surface area (Å²) in [6.45, 7) is 6.27. The number of carbonyl (C=O) groups excluding carboxylic acids is 2. The third kappa shape index (κ3) is 4.19. The van der Waals surface area contributed by atoms with E-state index in [9.17, 15) is 14.4 Å². The lowest BCUT2D eigenvalue weighted by Crippen LogP contribution is -2.40. The Hall–Kier alpha value is -1.59. The van der Waals surface area contributed by atoms with Crippen molar-refractivity contribution in [3.8, 4) is 0 Å². The van der Waals surface area contributed by atoms with Gasteiger partial charge in [0.15, 0.2) is 0 Å². The van der Waals surface area contributed by atoms with E-state index < -0.39 is 11.9 Å². The van der Waals surface area contributed by atoms with Crippen LogP contribution in [0.25, 0.3) is 0 Å². The molecule has 0 aliphatic carbocycles. The molecule has 2 atom stereocenters. The van der Waals surface area contributed by atoms with Gasteiger partial charge in [0.05, 0.1) is 11.8 Å². The number of aliphatic carboxylic acids is 1. The summed E-state index contributed by atoms with van der Waals surface area (Å²) in [4.78, 5) is 38.5. The summed E-state index contributed by atoms with van der Waals surface area (Å²) >= 11 is 0. The topological polar surface area (TPSA) is 77.9 Å². The second-order valence-electron chi connectivity index (χ2n) is 5.88. The van der Waals surface area contributed by atoms with Crippen LogP contribution in [0.1, 0.15) is 40.0 Å². The zero-order chi connectivity index (χ0) is 16.2. The molecule has 0 aromatic rings. The molecule has 2 amide bonds. The Labute approximate surface area is 126 Å². The van der Waals surface area contributed by atoms with Crippen LogP contribution in [-0.4, -0.2) is 58.9 Å². The van der Waals surface area contributed by atoms with Crippen molar-refractivity contribution in [2.45, 2.75) is 46.1 Å². The van der Waals surface area contributed by atoms with Gasteiger partial charge in [-0.05, 0) is 12.8 Å². The summed E-state index contributed by atoms with van der Waals surface area (Å²) in [5, 5.41) is 8.90. The molecule has 21 heavy (non-hydrogen) atoms. The minimum Gasteiger partial charge on any atom is -0.481 e. The lowest BCUT2D eigenvalue weighted by Gasteiger charge is -2.27. The van der Waals surface area contributed by atoms with Gasteiger partial charge in [-0.1, -0.05) is 20.8 Å². The van der Waals surface area contributed by atoms with Gasteiger partial charge in [0.2, 0.25) is 11.8 Å². The zero-order valence-corrected chi connectivity index (χ0v) is 13.3. The first kappa shape index (κ1) is 17.5. The highest BCUT2D eigenvalue weighted by molar-refractivity contribution is 5.89. The van der Waals surface area contributed by atoms with Gasteiger partial charge in [-0.2, -0.15) is 0 Å². The second-order valence-corrected chi connectivity index (χ2v) is 5.88. The third-order valence-electron chi connectivity index (χ3n) is 4.24. The van der Waals surface area contributed by atoms with Crippen LogP contribution in [0, 0.1) is 11.8 Å². The zero-order valence-electron chi connectivity index (χ0n) is 13.3. The minimum absolute atomic E-state index is 0.0294. The summed E-state index contributed by atoms with van der Waals surface area (Å²) in [5.74, 6) is -1.97. The maximum atomic E-state index is 12.3. The van der Waals surface area contributed by atoms with Gasteiger partial charge in [-0.15, -0.1) is 0 Å². The number of nitrogens with zero attached hydrogens (tertiary/aromatic N) is 2. The predicted octanol–water partition coefficient (Wildman–Crippen LogP) is 1.20. The number of carboxylic acid groups (broad SMARTS) is 1. The highest BCUT2D eigenvalue weighted by Crippen LogP contribution is 2.24. The van der Waals surface area contributed by atoms with Crippen LogP contribution in [0.2, 0.25) is 0 Å². The number of hydrogen-bond acceptors (Lipinski definition) is 3. The molecule has 0 aromatic carbocycles. The number of carboxylic acids is 1. The molecule has 1 heterocycles. The van der Waals surface area contributed by atoms with E-state index in [4.69, 9.17) is 5.11 Å². The monoisotopic (exact) mass is 298 g/mol. The van der Waals surface area contributed by atoms with E-state index in [1.807, 2.05) is 13.8 Å². The average Bonchev–Trinajstić information content (AvgIpc) is 2.81. The summed E-state index contributed by atoms with van der Waals surface area (Å²) in [6.07, 6.45) is 2.01. The first-order valence-electron chi connectivity index (χ1n) is 7.58. The predicted molar refractivity (Wildman–Crippen MR) is 78.6 cm³/mol. The molecule has 2 unspecified atom stereocenters. The third-order valence-corrected chi connectivity index (χ3v) is 4.24. The normalized spacial score (nSPS) is 20.0. The van der Waals surface area contributed by atoms with Crippen molar-refractivity contribution >= 4 is 17.8 Å². The summed E-state index contributed by atoms with van der Waals surface area (Å²) in [6, 6.07) is 0.193. The summed E-state index contributed by atoms with van der Waals surface area (Å²) in [5.41, 5.74) is 0. The van der Waals surface area contributed by atoms with Gasteiger partial charge in [0.1, 0.15) is 0 Å². The van der Waals surface area contributed by atoms with Gasteiger partial charge in [-0.3, -0.25) is 14.4 Å². The quantitative estimate of drug-likeness (QED) is 0.766. The van der Waals surface area contributed by atoms with Gasteiger partial charge < -0.3 is 14.9 Å². The van der Waals surface area contributed by atoms with E-state index in [2.05, 4.69) is 0 Å². The van der Waals surface area contributed by atoms with Crippen LogP contribution in [0.4, 0.5) is 0 Å². The van der Waals surface area contributed by atoms with Crippen LogP contribution in [-0.2, 0) is 14.4 Å². The molecule has 0 radical (unpaired) electrons. The van der Waals surface area contributed by atoms with Crippen molar-refractivity contribution in [1.29, 1.82) is 0 Å². The lowest BCUT2D eigenvalue weighted by atomic mass is 10.1. The smallest absolute Gasteiger partial charge is 0.308 e. The fourth-order valence-corrected chi connectivity index (χ4v) is 2.87. The lowest BCUT2D eigenvalue weighted by molar-refractivity contribution is -0.143. The standard InChI is InChI=1S/C15H26N2O4/c1-5-12(6-2)17-9-11(7-13(17)18)14(19)16(4)8-10(3)15(20)21/h10-12H,5-9H2,1-4H3,(H,20,21). The van der Waals surface area contributed by atoms with Crippen molar-refractivity contribution in [2.75, 3.05) is 20.1 Å². The Kier molecular flexibility index (Phi) is 6.18. The molecule has 1 saturated heterocycles. The Bertz CT molecular complexity index is 406. The number of rotatable bonds is 7. The first-order valence-corrected chi connectivity index (χ1v) is 7.58. The van der Waals surface area contributed by atoms with Crippen LogP contribution in [0.5, 0.6) is 0 Å². The number of carbonyl (C=O) groups is 3. The summed E-state index contributed by atoms with van der Waals surface area (Å²) in [7, 11) is 1.60. The van der Waals surface area contributed by atoms with E-state index in [0.717, 1.165) is 12.8 Å². The van der Waals surface area contributed by atoms with E-state index in [-0.39, 0.29) is 36.7 Å². The Morgan fingerprint density at radius 3 is 2.43 bits per heavy atom. The van der Waals surface area contributed by atoms with Crippen LogP contribution in [0.15, 0.2) is 0 Å². The Morgan fingerprint density at radius 2 is 1.95 bits per heavy atom. The van der Waals surface area contributed by atoms with Crippen molar-refractivity contribution in [1.82, 2.24) is 9.80 Å². The number of likely N-dealkylation sites (tertiary alicyclic amines) is 1. The molecular formula is C15H26N2O4. The summed E-state index contributed by atoms with van der Waals surface area (Å²) < 4.78 is 0. The maximum Gasteiger partial charge on any atom is 0.308 e. The van der Waals surface area contributed by atoms with Gasteiger partial charge in [0, 0.05) is 32.6 Å². The number of hydrogen-bond donors (Lipinski definition) is 1. The molecule has 6 nitrogen and oxygen atoms in total. The van der Waals surface area contributed by atoms with Crippen molar-refractivity contribution < 1.29 is 19.5 Å². The second kappa shape index (κ2) is 7.43. The van der Waals surface area contributed by atoms with Crippen molar-refractivity contribution in [3.05, 3.63) is 0 Å². The fourth-order valence-electron chi connectivity index (χ4n) is 2.87. The molecule has 1 aliphatic heterocycles. The molecular weight excluding hydrogens is 272 g/mol. The minimum atomic E-state index is -0.921. The average molecular weight is 298 g/mol.